The summed E-state index contributed by atoms with van der Waals surface area (Å²) in [6.07, 6.45) is 7.43. The summed E-state index contributed by atoms with van der Waals surface area (Å²) in [4.78, 5) is 34.7. The lowest BCUT2D eigenvalue weighted by Crippen LogP contribution is -2.40. The van der Waals surface area contributed by atoms with Gasteiger partial charge in [0, 0.05) is 48.3 Å². The number of hydrogen-bond donors (Lipinski definition) is 2. The molecule has 0 unspecified atom stereocenters. The van der Waals surface area contributed by atoms with E-state index in [-0.39, 0.29) is 11.8 Å². The highest BCUT2D eigenvalue weighted by Gasteiger charge is 2.19. The van der Waals surface area contributed by atoms with Gasteiger partial charge in [0.25, 0.3) is 11.8 Å². The van der Waals surface area contributed by atoms with Crippen LogP contribution in [-0.2, 0) is 11.2 Å². The first kappa shape index (κ1) is 21.2. The molecule has 0 atom stereocenters. The van der Waals surface area contributed by atoms with Gasteiger partial charge in [-0.3, -0.25) is 14.6 Å². The van der Waals surface area contributed by atoms with Crippen LogP contribution < -0.4 is 5.32 Å². The van der Waals surface area contributed by atoms with Crippen LogP contribution in [0.25, 0.3) is 23.4 Å². The van der Waals surface area contributed by atoms with Crippen molar-refractivity contribution in [2.24, 2.45) is 0 Å². The number of fused-ring (bicyclic) bond motifs is 1. The van der Waals surface area contributed by atoms with Gasteiger partial charge in [0.05, 0.1) is 24.5 Å². The molecule has 2 aromatic heterocycles. The summed E-state index contributed by atoms with van der Waals surface area (Å²) in [5.74, 6) is 0.00917. The number of ether oxygens (including phenoxy) is 1. The minimum atomic E-state index is -0.0225. The molecule has 33 heavy (non-hydrogen) atoms. The van der Waals surface area contributed by atoms with Crippen LogP contribution in [-0.4, -0.2) is 59.5 Å². The van der Waals surface area contributed by atoms with Crippen molar-refractivity contribution in [2.45, 2.75) is 12.8 Å². The number of morpholine rings is 1. The number of carbonyl (C=O) groups excluding carboxylic acids is 2. The smallest absolute Gasteiger partial charge is 0.254 e. The normalized spacial score (nSPS) is 16.4. The highest BCUT2D eigenvalue weighted by atomic mass is 16.5. The third-order valence-corrected chi connectivity index (χ3v) is 6.00. The van der Waals surface area contributed by atoms with Crippen LogP contribution in [0.5, 0.6) is 0 Å². The van der Waals surface area contributed by atoms with Gasteiger partial charge in [0.2, 0.25) is 0 Å². The largest absolute Gasteiger partial charge is 0.378 e. The van der Waals surface area contributed by atoms with Crippen molar-refractivity contribution in [1.29, 1.82) is 0 Å². The summed E-state index contributed by atoms with van der Waals surface area (Å²) < 4.78 is 5.34. The molecule has 2 N–H and O–H groups in total. The molecule has 2 aliphatic heterocycles. The number of aryl methyl sites for hydroxylation is 1. The fourth-order valence-corrected chi connectivity index (χ4v) is 4.23. The Bertz CT molecular complexity index is 1210. The number of carbonyl (C=O) groups is 2. The van der Waals surface area contributed by atoms with Crippen LogP contribution in [0.4, 0.5) is 0 Å². The monoisotopic (exact) mass is 442 g/mol. The van der Waals surface area contributed by atoms with E-state index in [2.05, 4.69) is 15.3 Å². The molecular weight excluding hydrogens is 416 g/mol. The van der Waals surface area contributed by atoms with Crippen molar-refractivity contribution in [3.8, 4) is 11.3 Å². The second-order valence-corrected chi connectivity index (χ2v) is 8.27. The molecular formula is C26H26N4O3. The van der Waals surface area contributed by atoms with E-state index in [0.717, 1.165) is 46.6 Å². The van der Waals surface area contributed by atoms with Crippen LogP contribution in [0.3, 0.4) is 0 Å². The van der Waals surface area contributed by atoms with Gasteiger partial charge in [-0.25, -0.2) is 0 Å². The molecule has 1 aromatic carbocycles. The zero-order valence-corrected chi connectivity index (χ0v) is 18.3. The van der Waals surface area contributed by atoms with E-state index in [0.29, 0.717) is 38.4 Å². The van der Waals surface area contributed by atoms with Crippen molar-refractivity contribution in [2.75, 3.05) is 32.8 Å². The Hall–Kier alpha value is -3.71. The zero-order chi connectivity index (χ0) is 22.6. The molecule has 168 valence electrons. The molecule has 0 radical (unpaired) electrons. The average molecular weight is 443 g/mol. The van der Waals surface area contributed by atoms with Crippen molar-refractivity contribution in [3.63, 3.8) is 0 Å². The summed E-state index contributed by atoms with van der Waals surface area (Å²) in [7, 11) is 0. The lowest BCUT2D eigenvalue weighted by atomic mass is 10.1. The van der Waals surface area contributed by atoms with Crippen LogP contribution in [0, 0.1) is 0 Å². The fraction of sp³-hybridized carbons (Fsp3) is 0.269. The Morgan fingerprint density at radius 2 is 1.97 bits per heavy atom. The van der Waals surface area contributed by atoms with Gasteiger partial charge in [0.1, 0.15) is 0 Å². The van der Waals surface area contributed by atoms with E-state index in [1.807, 2.05) is 59.5 Å². The van der Waals surface area contributed by atoms with Gasteiger partial charge in [-0.2, -0.15) is 0 Å². The summed E-state index contributed by atoms with van der Waals surface area (Å²) >= 11 is 0. The molecule has 0 spiro atoms. The molecule has 3 aromatic rings. The number of hydrogen-bond acceptors (Lipinski definition) is 4. The molecule has 0 saturated carbocycles. The molecule has 4 heterocycles. The topological polar surface area (TPSA) is 87.3 Å². The molecule has 0 bridgehead atoms. The maximum Gasteiger partial charge on any atom is 0.254 e. The number of benzene rings is 1. The van der Waals surface area contributed by atoms with Gasteiger partial charge in [-0.05, 0) is 54.8 Å². The van der Waals surface area contributed by atoms with E-state index in [1.165, 1.54) is 0 Å². The number of pyridine rings is 1. The number of nitrogens with one attached hydrogen (secondary N) is 2. The number of nitrogens with zero attached hydrogens (tertiary/aromatic N) is 2. The SMILES string of the molecule is O=C1NCCCc2[nH]c(-c3ccnc(/C=C/c4cccc(C(=O)N5CCOCC5)c4)c3)cc21. The van der Waals surface area contributed by atoms with E-state index < -0.39 is 0 Å². The highest BCUT2D eigenvalue weighted by Crippen LogP contribution is 2.25. The third kappa shape index (κ3) is 4.73. The second-order valence-electron chi connectivity index (χ2n) is 8.27. The maximum absolute atomic E-state index is 12.8. The van der Waals surface area contributed by atoms with Crippen molar-refractivity contribution in [1.82, 2.24) is 20.2 Å². The Morgan fingerprint density at radius 1 is 1.09 bits per heavy atom. The highest BCUT2D eigenvalue weighted by molar-refractivity contribution is 5.97. The lowest BCUT2D eigenvalue weighted by molar-refractivity contribution is 0.0303. The number of amides is 2. The van der Waals surface area contributed by atoms with Crippen molar-refractivity contribution < 1.29 is 14.3 Å². The van der Waals surface area contributed by atoms with Gasteiger partial charge in [-0.15, -0.1) is 0 Å². The number of aromatic amines is 1. The van der Waals surface area contributed by atoms with Crippen LogP contribution in [0.1, 0.15) is 44.1 Å². The Balaban J connectivity index is 1.34. The standard InChI is InChI=1S/C26H26N4O3/c31-25-22-17-24(29-23(22)5-2-9-28-25)19-8-10-27-21(16-19)7-6-18-3-1-4-20(15-18)26(32)30-11-13-33-14-12-30/h1,3-4,6-8,10,15-17,29H,2,5,9,11-14H2,(H,28,31)/b7-6+. The van der Waals surface area contributed by atoms with Gasteiger partial charge in [-0.1, -0.05) is 18.2 Å². The first-order chi connectivity index (χ1) is 16.2. The molecule has 1 saturated heterocycles. The summed E-state index contributed by atoms with van der Waals surface area (Å²) in [6, 6.07) is 13.5. The molecule has 5 rings (SSSR count). The molecule has 7 nitrogen and oxygen atoms in total. The van der Waals surface area contributed by atoms with E-state index in [9.17, 15) is 9.59 Å². The molecule has 2 aliphatic rings. The number of rotatable bonds is 4. The van der Waals surface area contributed by atoms with Gasteiger partial charge < -0.3 is 19.9 Å². The minimum absolute atomic E-state index is 0.0225. The van der Waals surface area contributed by atoms with E-state index >= 15 is 0 Å². The van der Waals surface area contributed by atoms with Crippen LogP contribution in [0.15, 0.2) is 48.7 Å². The maximum atomic E-state index is 12.8. The predicted molar refractivity (Wildman–Crippen MR) is 127 cm³/mol. The Labute approximate surface area is 192 Å². The number of aromatic nitrogens is 2. The molecule has 1 fully saturated rings. The third-order valence-electron chi connectivity index (χ3n) is 6.00. The minimum Gasteiger partial charge on any atom is -0.378 e. The first-order valence-electron chi connectivity index (χ1n) is 11.3. The molecule has 7 heteroatoms. The van der Waals surface area contributed by atoms with Crippen molar-refractivity contribution in [3.05, 3.63) is 76.7 Å². The fourth-order valence-electron chi connectivity index (χ4n) is 4.23. The van der Waals surface area contributed by atoms with Crippen molar-refractivity contribution >= 4 is 24.0 Å². The van der Waals surface area contributed by atoms with Gasteiger partial charge in [0.15, 0.2) is 0 Å². The summed E-state index contributed by atoms with van der Waals surface area (Å²) in [5.41, 5.74) is 5.99. The number of H-pyrrole nitrogens is 1. The Kier molecular flexibility index (Phi) is 6.04. The predicted octanol–water partition coefficient (Wildman–Crippen LogP) is 3.40. The summed E-state index contributed by atoms with van der Waals surface area (Å²) in [6.45, 7) is 3.13. The summed E-state index contributed by atoms with van der Waals surface area (Å²) in [5, 5.41) is 2.93. The van der Waals surface area contributed by atoms with Crippen LogP contribution >= 0.6 is 0 Å². The quantitative estimate of drug-likeness (QED) is 0.648. The molecule has 0 aliphatic carbocycles. The lowest BCUT2D eigenvalue weighted by Gasteiger charge is -2.26. The van der Waals surface area contributed by atoms with E-state index in [1.54, 1.807) is 6.20 Å². The first-order valence-corrected chi connectivity index (χ1v) is 11.3. The second kappa shape index (κ2) is 9.42. The zero-order valence-electron chi connectivity index (χ0n) is 18.3. The average Bonchev–Trinajstić information content (AvgIpc) is 3.22. The Morgan fingerprint density at radius 3 is 2.85 bits per heavy atom. The van der Waals surface area contributed by atoms with E-state index in [4.69, 9.17) is 4.74 Å². The molecule has 2 amide bonds. The van der Waals surface area contributed by atoms with Crippen LogP contribution in [0.2, 0.25) is 0 Å². The van der Waals surface area contributed by atoms with Gasteiger partial charge >= 0.3 is 0 Å².